The van der Waals surface area contributed by atoms with Crippen molar-refractivity contribution in [2.75, 3.05) is 14.1 Å². The first-order chi connectivity index (χ1) is 9.06. The molecular formula is C15H21ClN2O. The maximum atomic E-state index is 12.8. The number of likely N-dealkylation sites (N-methyl/N-ethyl adjacent to an activating group) is 1. The Morgan fingerprint density at radius 2 is 2.05 bits per heavy atom. The average Bonchev–Trinajstić information content (AvgIpc) is 2.42. The average molecular weight is 281 g/mol. The van der Waals surface area contributed by atoms with E-state index in [1.54, 1.807) is 12.4 Å². The molecular weight excluding hydrogens is 260 g/mol. The van der Waals surface area contributed by atoms with Crippen molar-refractivity contribution in [1.82, 2.24) is 9.88 Å². The number of rotatable bonds is 4. The fourth-order valence-corrected chi connectivity index (χ4v) is 3.18. The lowest BCUT2D eigenvalue weighted by Crippen LogP contribution is -2.53. The standard InChI is InChI=1S/C15H21ClN2O/c1-18(2)15(7-4-3-5-8-15)14(19)10-12-6-9-17-11-13(12)16/h6,9,11H,3-5,7-8,10H2,1-2H3. The number of halogens is 1. The Morgan fingerprint density at radius 3 is 2.63 bits per heavy atom. The molecule has 0 radical (unpaired) electrons. The number of pyridine rings is 1. The lowest BCUT2D eigenvalue weighted by molar-refractivity contribution is -0.131. The predicted octanol–water partition coefficient (Wildman–Crippen LogP) is 3.11. The van der Waals surface area contributed by atoms with Crippen LogP contribution in [0.5, 0.6) is 0 Å². The van der Waals surface area contributed by atoms with Crippen LogP contribution >= 0.6 is 11.6 Å². The van der Waals surface area contributed by atoms with Crippen LogP contribution in [-0.2, 0) is 11.2 Å². The molecule has 19 heavy (non-hydrogen) atoms. The van der Waals surface area contributed by atoms with Crippen LogP contribution in [-0.4, -0.2) is 35.3 Å². The molecule has 1 aliphatic rings. The van der Waals surface area contributed by atoms with Crippen LogP contribution in [0, 0.1) is 0 Å². The van der Waals surface area contributed by atoms with Crippen molar-refractivity contribution < 1.29 is 4.79 Å². The molecule has 1 heterocycles. The third-order valence-corrected chi connectivity index (χ3v) is 4.60. The SMILES string of the molecule is CN(C)C1(C(=O)Cc2ccncc2Cl)CCCCC1. The van der Waals surface area contributed by atoms with E-state index < -0.39 is 0 Å². The maximum absolute atomic E-state index is 12.8. The van der Waals surface area contributed by atoms with Gasteiger partial charge in [0.15, 0.2) is 5.78 Å². The summed E-state index contributed by atoms with van der Waals surface area (Å²) in [5.41, 5.74) is 0.582. The van der Waals surface area contributed by atoms with Gasteiger partial charge in [-0.1, -0.05) is 30.9 Å². The largest absolute Gasteiger partial charge is 0.297 e. The first kappa shape index (κ1) is 14.5. The van der Waals surface area contributed by atoms with E-state index in [2.05, 4.69) is 9.88 Å². The van der Waals surface area contributed by atoms with E-state index in [1.165, 1.54) is 6.42 Å². The molecule has 0 bridgehead atoms. The van der Waals surface area contributed by atoms with Gasteiger partial charge in [0, 0.05) is 18.8 Å². The number of Topliss-reactive ketones (excluding diaryl/α,β-unsaturated/α-hetero) is 1. The molecule has 0 aliphatic heterocycles. The van der Waals surface area contributed by atoms with Gasteiger partial charge in [-0.15, -0.1) is 0 Å². The lowest BCUT2D eigenvalue weighted by atomic mass is 9.76. The highest BCUT2D eigenvalue weighted by molar-refractivity contribution is 6.31. The van der Waals surface area contributed by atoms with Gasteiger partial charge < -0.3 is 0 Å². The van der Waals surface area contributed by atoms with Crippen molar-refractivity contribution in [2.45, 2.75) is 44.1 Å². The summed E-state index contributed by atoms with van der Waals surface area (Å²) in [5.74, 6) is 0.283. The van der Waals surface area contributed by atoms with Gasteiger partial charge in [-0.25, -0.2) is 0 Å². The van der Waals surface area contributed by atoms with E-state index >= 15 is 0 Å². The topological polar surface area (TPSA) is 33.2 Å². The van der Waals surface area contributed by atoms with E-state index in [0.29, 0.717) is 11.4 Å². The second kappa shape index (κ2) is 6.02. The molecule has 1 aromatic rings. The van der Waals surface area contributed by atoms with Crippen molar-refractivity contribution in [3.8, 4) is 0 Å². The number of carbonyl (C=O) groups excluding carboxylic acids is 1. The molecule has 2 rings (SSSR count). The molecule has 0 spiro atoms. The monoisotopic (exact) mass is 280 g/mol. The fourth-order valence-electron chi connectivity index (χ4n) is 3.00. The summed E-state index contributed by atoms with van der Waals surface area (Å²) < 4.78 is 0. The second-order valence-corrected chi connectivity index (χ2v) is 5.96. The van der Waals surface area contributed by atoms with Crippen molar-refractivity contribution in [3.63, 3.8) is 0 Å². The summed E-state index contributed by atoms with van der Waals surface area (Å²) >= 11 is 6.10. The van der Waals surface area contributed by atoms with E-state index in [4.69, 9.17) is 11.6 Å². The fraction of sp³-hybridized carbons (Fsp3) is 0.600. The van der Waals surface area contributed by atoms with Crippen LogP contribution in [0.2, 0.25) is 5.02 Å². The van der Waals surface area contributed by atoms with Crippen LogP contribution < -0.4 is 0 Å². The number of carbonyl (C=O) groups is 1. The first-order valence-electron chi connectivity index (χ1n) is 6.85. The summed E-state index contributed by atoms with van der Waals surface area (Å²) in [6.07, 6.45) is 9.12. The smallest absolute Gasteiger partial charge is 0.157 e. The van der Waals surface area contributed by atoms with Gasteiger partial charge in [-0.3, -0.25) is 14.7 Å². The van der Waals surface area contributed by atoms with Crippen molar-refractivity contribution in [1.29, 1.82) is 0 Å². The molecule has 0 atom stereocenters. The van der Waals surface area contributed by atoms with Crippen LogP contribution in [0.25, 0.3) is 0 Å². The summed E-state index contributed by atoms with van der Waals surface area (Å²) in [6, 6.07) is 1.84. The molecule has 1 fully saturated rings. The van der Waals surface area contributed by atoms with Crippen LogP contribution in [0.3, 0.4) is 0 Å². The van der Waals surface area contributed by atoms with Gasteiger partial charge in [0.2, 0.25) is 0 Å². The third kappa shape index (κ3) is 2.98. The summed E-state index contributed by atoms with van der Waals surface area (Å²) in [4.78, 5) is 18.8. The molecule has 104 valence electrons. The number of aromatic nitrogens is 1. The Labute approximate surface area is 120 Å². The zero-order valence-electron chi connectivity index (χ0n) is 11.7. The molecule has 1 saturated carbocycles. The molecule has 4 heteroatoms. The second-order valence-electron chi connectivity index (χ2n) is 5.55. The predicted molar refractivity (Wildman–Crippen MR) is 77.5 cm³/mol. The number of nitrogens with zero attached hydrogens (tertiary/aromatic N) is 2. The van der Waals surface area contributed by atoms with Crippen LogP contribution in [0.4, 0.5) is 0 Å². The minimum absolute atomic E-state index is 0.283. The quantitative estimate of drug-likeness (QED) is 0.850. The highest BCUT2D eigenvalue weighted by atomic mass is 35.5. The Hall–Kier alpha value is -0.930. The highest BCUT2D eigenvalue weighted by Gasteiger charge is 2.40. The highest BCUT2D eigenvalue weighted by Crippen LogP contribution is 2.34. The lowest BCUT2D eigenvalue weighted by Gasteiger charge is -2.41. The van der Waals surface area contributed by atoms with E-state index in [1.807, 2.05) is 20.2 Å². The summed E-state index contributed by atoms with van der Waals surface area (Å²) in [7, 11) is 4.02. The number of ketones is 1. The minimum Gasteiger partial charge on any atom is -0.297 e. The van der Waals surface area contributed by atoms with E-state index in [0.717, 1.165) is 31.2 Å². The van der Waals surface area contributed by atoms with Crippen LogP contribution in [0.15, 0.2) is 18.5 Å². The molecule has 3 nitrogen and oxygen atoms in total. The van der Waals surface area contributed by atoms with Gasteiger partial charge in [0.1, 0.15) is 0 Å². The van der Waals surface area contributed by atoms with Gasteiger partial charge in [-0.2, -0.15) is 0 Å². The van der Waals surface area contributed by atoms with Gasteiger partial charge in [0.25, 0.3) is 0 Å². The summed E-state index contributed by atoms with van der Waals surface area (Å²) in [5, 5.41) is 0.584. The Bertz CT molecular complexity index is 453. The molecule has 0 unspecified atom stereocenters. The molecule has 0 aromatic carbocycles. The Kier molecular flexibility index (Phi) is 4.58. The molecule has 0 N–H and O–H groups in total. The van der Waals surface area contributed by atoms with Gasteiger partial charge in [0.05, 0.1) is 10.6 Å². The zero-order valence-corrected chi connectivity index (χ0v) is 12.4. The Morgan fingerprint density at radius 1 is 1.37 bits per heavy atom. The number of hydrogen-bond donors (Lipinski definition) is 0. The zero-order chi connectivity index (χ0) is 13.9. The van der Waals surface area contributed by atoms with Crippen molar-refractivity contribution in [3.05, 3.63) is 29.0 Å². The number of hydrogen-bond acceptors (Lipinski definition) is 3. The summed E-state index contributed by atoms with van der Waals surface area (Å²) in [6.45, 7) is 0. The van der Waals surface area contributed by atoms with Crippen molar-refractivity contribution >= 4 is 17.4 Å². The molecule has 1 aromatic heterocycles. The van der Waals surface area contributed by atoms with Crippen LogP contribution in [0.1, 0.15) is 37.7 Å². The van der Waals surface area contributed by atoms with E-state index in [-0.39, 0.29) is 11.3 Å². The van der Waals surface area contributed by atoms with Gasteiger partial charge >= 0.3 is 0 Å². The third-order valence-electron chi connectivity index (χ3n) is 4.26. The van der Waals surface area contributed by atoms with Gasteiger partial charge in [-0.05, 0) is 38.6 Å². The molecule has 1 aliphatic carbocycles. The van der Waals surface area contributed by atoms with Crippen molar-refractivity contribution in [2.24, 2.45) is 0 Å². The minimum atomic E-state index is -0.301. The van der Waals surface area contributed by atoms with E-state index in [9.17, 15) is 4.79 Å². The maximum Gasteiger partial charge on any atom is 0.157 e. The normalized spacial score (nSPS) is 18.5. The molecule has 0 amide bonds. The Balaban J connectivity index is 2.19. The first-order valence-corrected chi connectivity index (χ1v) is 7.23. The molecule has 0 saturated heterocycles.